The van der Waals surface area contributed by atoms with Gasteiger partial charge in [0.05, 0.1) is 5.25 Å². The fourth-order valence-electron chi connectivity index (χ4n) is 0.770. The number of hydrogen-bond donors (Lipinski definition) is 2. The van der Waals surface area contributed by atoms with Crippen LogP contribution in [0.5, 0.6) is 0 Å². The van der Waals surface area contributed by atoms with Gasteiger partial charge in [0.1, 0.15) is 0 Å². The Hall–Kier alpha value is -0.220. The minimum absolute atomic E-state index is 0.0361. The summed E-state index contributed by atoms with van der Waals surface area (Å²) in [5.41, 5.74) is 5.48. The molecule has 13 heavy (non-hydrogen) atoms. The lowest BCUT2D eigenvalue weighted by atomic mass is 10.2. The second-order valence-electron chi connectivity index (χ2n) is 3.21. The zero-order valence-electron chi connectivity index (χ0n) is 8.67. The fourth-order valence-corrected chi connectivity index (χ4v) is 1.76. The maximum Gasteiger partial charge on any atom is 0.232 e. The number of carbonyl (C=O) groups excluding carboxylic acids is 1. The smallest absolute Gasteiger partial charge is 0.232 e. The highest BCUT2D eigenvalue weighted by molar-refractivity contribution is 8.00. The van der Waals surface area contributed by atoms with Gasteiger partial charge in [-0.3, -0.25) is 4.79 Å². The molecule has 0 fully saturated rings. The number of amides is 1. The topological polar surface area (TPSA) is 55.1 Å². The molecule has 0 spiro atoms. The molecule has 0 aliphatic heterocycles. The highest BCUT2D eigenvalue weighted by Crippen LogP contribution is 2.14. The Morgan fingerprint density at radius 3 is 2.62 bits per heavy atom. The van der Waals surface area contributed by atoms with Gasteiger partial charge in [-0.15, -0.1) is 11.8 Å². The van der Waals surface area contributed by atoms with Crippen LogP contribution in [0.4, 0.5) is 0 Å². The van der Waals surface area contributed by atoms with Gasteiger partial charge in [-0.25, -0.2) is 0 Å². The van der Waals surface area contributed by atoms with Crippen LogP contribution in [0, 0.1) is 5.92 Å². The van der Waals surface area contributed by atoms with Crippen LogP contribution in [0.25, 0.3) is 0 Å². The number of thioether (sulfide) groups is 1. The van der Waals surface area contributed by atoms with E-state index >= 15 is 0 Å². The fraction of sp³-hybridized carbons (Fsp3) is 0.889. The lowest BCUT2D eigenvalue weighted by Crippen LogP contribution is -2.31. The SMILES string of the molecule is CCNC(=O)C(C)SCC(C)CN. The normalized spacial score (nSPS) is 15.1. The van der Waals surface area contributed by atoms with Crippen molar-refractivity contribution in [3.63, 3.8) is 0 Å². The van der Waals surface area contributed by atoms with E-state index < -0.39 is 0 Å². The van der Waals surface area contributed by atoms with Crippen molar-refractivity contribution >= 4 is 17.7 Å². The van der Waals surface area contributed by atoms with E-state index in [0.717, 1.165) is 5.75 Å². The third-order valence-corrected chi connectivity index (χ3v) is 3.23. The minimum Gasteiger partial charge on any atom is -0.355 e. The van der Waals surface area contributed by atoms with Gasteiger partial charge in [-0.05, 0) is 32.1 Å². The van der Waals surface area contributed by atoms with E-state index in [1.54, 1.807) is 11.8 Å². The predicted molar refractivity (Wildman–Crippen MR) is 58.8 cm³/mol. The average molecular weight is 204 g/mol. The monoisotopic (exact) mass is 204 g/mol. The summed E-state index contributed by atoms with van der Waals surface area (Å²) in [7, 11) is 0. The van der Waals surface area contributed by atoms with Crippen LogP contribution in [0.1, 0.15) is 20.8 Å². The van der Waals surface area contributed by atoms with Gasteiger partial charge in [-0.1, -0.05) is 6.92 Å². The summed E-state index contributed by atoms with van der Waals surface area (Å²) >= 11 is 1.67. The van der Waals surface area contributed by atoms with Crippen LogP contribution < -0.4 is 11.1 Å². The van der Waals surface area contributed by atoms with Crippen molar-refractivity contribution in [2.24, 2.45) is 11.7 Å². The molecule has 3 nitrogen and oxygen atoms in total. The molecule has 0 aromatic heterocycles. The molecule has 78 valence electrons. The zero-order valence-corrected chi connectivity index (χ0v) is 9.49. The summed E-state index contributed by atoms with van der Waals surface area (Å²) in [6, 6.07) is 0. The molecule has 0 aliphatic carbocycles. The van der Waals surface area contributed by atoms with Crippen molar-refractivity contribution in [2.45, 2.75) is 26.0 Å². The van der Waals surface area contributed by atoms with Gasteiger partial charge in [0.2, 0.25) is 5.91 Å². The van der Waals surface area contributed by atoms with Gasteiger partial charge in [0, 0.05) is 6.54 Å². The molecule has 0 saturated carbocycles. The second-order valence-corrected chi connectivity index (χ2v) is 4.58. The van der Waals surface area contributed by atoms with Gasteiger partial charge in [0.15, 0.2) is 0 Å². The summed E-state index contributed by atoms with van der Waals surface area (Å²) in [6.07, 6.45) is 0. The molecule has 1 amide bonds. The third-order valence-electron chi connectivity index (χ3n) is 1.75. The Kier molecular flexibility index (Phi) is 7.09. The van der Waals surface area contributed by atoms with Crippen molar-refractivity contribution in [3.05, 3.63) is 0 Å². The lowest BCUT2D eigenvalue weighted by molar-refractivity contribution is -0.120. The van der Waals surface area contributed by atoms with Crippen molar-refractivity contribution in [3.8, 4) is 0 Å². The maximum absolute atomic E-state index is 11.3. The van der Waals surface area contributed by atoms with Crippen LogP contribution in [-0.2, 0) is 4.79 Å². The number of nitrogens with one attached hydrogen (secondary N) is 1. The molecule has 4 heteroatoms. The number of nitrogens with two attached hydrogens (primary N) is 1. The molecule has 0 bridgehead atoms. The van der Waals surface area contributed by atoms with E-state index in [-0.39, 0.29) is 11.2 Å². The summed E-state index contributed by atoms with van der Waals surface area (Å²) in [4.78, 5) is 11.3. The summed E-state index contributed by atoms with van der Waals surface area (Å²) in [6.45, 7) is 7.35. The van der Waals surface area contributed by atoms with Crippen LogP contribution >= 0.6 is 11.8 Å². The Bertz CT molecular complexity index is 153. The summed E-state index contributed by atoms with van der Waals surface area (Å²) in [5.74, 6) is 1.56. The number of rotatable bonds is 6. The van der Waals surface area contributed by atoms with Crippen molar-refractivity contribution < 1.29 is 4.79 Å². The Balaban J connectivity index is 3.60. The van der Waals surface area contributed by atoms with Crippen molar-refractivity contribution in [1.82, 2.24) is 5.32 Å². The van der Waals surface area contributed by atoms with E-state index in [0.29, 0.717) is 19.0 Å². The first kappa shape index (κ1) is 12.8. The van der Waals surface area contributed by atoms with E-state index in [9.17, 15) is 4.79 Å². The van der Waals surface area contributed by atoms with Crippen LogP contribution in [-0.4, -0.2) is 30.0 Å². The highest BCUT2D eigenvalue weighted by Gasteiger charge is 2.12. The van der Waals surface area contributed by atoms with E-state index in [4.69, 9.17) is 5.73 Å². The standard InChI is InChI=1S/C9H20N2OS/c1-4-11-9(12)8(3)13-6-7(2)5-10/h7-8H,4-6,10H2,1-3H3,(H,11,12). The van der Waals surface area contributed by atoms with E-state index in [2.05, 4.69) is 12.2 Å². The molecular weight excluding hydrogens is 184 g/mol. The number of carbonyl (C=O) groups is 1. The third kappa shape index (κ3) is 5.93. The minimum atomic E-state index is 0.0361. The average Bonchev–Trinajstić information content (AvgIpc) is 2.13. The molecule has 0 aromatic rings. The first-order chi connectivity index (χ1) is 6.11. The maximum atomic E-state index is 11.3. The zero-order chi connectivity index (χ0) is 10.3. The lowest BCUT2D eigenvalue weighted by Gasteiger charge is -2.13. The highest BCUT2D eigenvalue weighted by atomic mass is 32.2. The molecule has 3 N–H and O–H groups in total. The van der Waals surface area contributed by atoms with Crippen LogP contribution in [0.15, 0.2) is 0 Å². The first-order valence-corrected chi connectivity index (χ1v) is 5.76. The quantitative estimate of drug-likeness (QED) is 0.674. The van der Waals surface area contributed by atoms with Gasteiger partial charge in [0.25, 0.3) is 0 Å². The van der Waals surface area contributed by atoms with Crippen molar-refractivity contribution in [2.75, 3.05) is 18.8 Å². The largest absolute Gasteiger partial charge is 0.355 e. The summed E-state index contributed by atoms with van der Waals surface area (Å²) < 4.78 is 0. The molecule has 2 atom stereocenters. The van der Waals surface area contributed by atoms with Gasteiger partial charge >= 0.3 is 0 Å². The molecule has 0 aliphatic rings. The number of hydrogen-bond acceptors (Lipinski definition) is 3. The van der Waals surface area contributed by atoms with Gasteiger partial charge in [-0.2, -0.15) is 0 Å². The molecule has 0 radical (unpaired) electrons. The van der Waals surface area contributed by atoms with E-state index in [1.807, 2.05) is 13.8 Å². The van der Waals surface area contributed by atoms with Gasteiger partial charge < -0.3 is 11.1 Å². The molecule has 0 saturated heterocycles. The van der Waals surface area contributed by atoms with Crippen LogP contribution in [0.3, 0.4) is 0 Å². The Morgan fingerprint density at radius 2 is 2.15 bits per heavy atom. The molecule has 0 heterocycles. The molecular formula is C9H20N2OS. The van der Waals surface area contributed by atoms with E-state index in [1.165, 1.54) is 0 Å². The first-order valence-electron chi connectivity index (χ1n) is 4.71. The molecule has 0 rings (SSSR count). The summed E-state index contributed by atoms with van der Waals surface area (Å²) in [5, 5.41) is 2.83. The van der Waals surface area contributed by atoms with Crippen LogP contribution in [0.2, 0.25) is 0 Å². The molecule has 2 unspecified atom stereocenters. The predicted octanol–water partition coefficient (Wildman–Crippen LogP) is 0.839. The van der Waals surface area contributed by atoms with Crippen molar-refractivity contribution in [1.29, 1.82) is 0 Å². The Labute approximate surface area is 84.8 Å². The Morgan fingerprint density at radius 1 is 1.54 bits per heavy atom. The molecule has 0 aromatic carbocycles. The second kappa shape index (κ2) is 7.21.